The third-order valence-electron chi connectivity index (χ3n) is 6.97. The lowest BCUT2D eigenvalue weighted by molar-refractivity contribution is -0.274. The van der Waals surface area contributed by atoms with Crippen LogP contribution >= 0.6 is 0 Å². The summed E-state index contributed by atoms with van der Waals surface area (Å²) in [5.41, 5.74) is -0.129. The van der Waals surface area contributed by atoms with Crippen molar-refractivity contribution < 1.29 is 31.1 Å². The average Bonchev–Trinajstić information content (AvgIpc) is 3.25. The molecule has 0 bridgehead atoms. The first-order valence-electron chi connectivity index (χ1n) is 11.4. The molecule has 0 N–H and O–H groups in total. The Hall–Kier alpha value is -2.30. The summed E-state index contributed by atoms with van der Waals surface area (Å²) in [7, 11) is -3.07. The van der Waals surface area contributed by atoms with Gasteiger partial charge in [0.25, 0.3) is 0 Å². The van der Waals surface area contributed by atoms with Gasteiger partial charge in [0.1, 0.15) is 34.0 Å². The maximum absolute atomic E-state index is 12.4. The standard InChI is InChI=1S/C23H32F3N3O4S/c1-4-21-20(13-29-16-27-15-28-29)17(9-10-22(21,2)11-12-34(3,30)31)14-32-18-5-7-19(8-6-18)33-23(24,25)26/h5-8,15-17,20-21H,4,9-14H2,1-3H3/t17-,20-,21+,22-/m0/s1. The summed E-state index contributed by atoms with van der Waals surface area (Å²) < 4.78 is 72.6. The Kier molecular flexibility index (Phi) is 8.15. The molecule has 190 valence electrons. The van der Waals surface area contributed by atoms with E-state index < -0.39 is 16.2 Å². The minimum Gasteiger partial charge on any atom is -0.493 e. The van der Waals surface area contributed by atoms with Crippen LogP contribution in [0.4, 0.5) is 13.2 Å². The van der Waals surface area contributed by atoms with Crippen molar-refractivity contribution in [3.05, 3.63) is 36.9 Å². The molecule has 0 radical (unpaired) electrons. The first kappa shape index (κ1) is 26.3. The molecule has 7 nitrogen and oxygen atoms in total. The largest absolute Gasteiger partial charge is 0.573 e. The molecule has 4 atom stereocenters. The Balaban J connectivity index is 1.73. The van der Waals surface area contributed by atoms with Crippen molar-refractivity contribution in [3.63, 3.8) is 0 Å². The van der Waals surface area contributed by atoms with E-state index in [0.29, 0.717) is 25.3 Å². The number of hydrogen-bond acceptors (Lipinski definition) is 6. The lowest BCUT2D eigenvalue weighted by atomic mass is 9.57. The number of alkyl halides is 3. The fourth-order valence-electron chi connectivity index (χ4n) is 5.25. The van der Waals surface area contributed by atoms with E-state index in [0.717, 1.165) is 19.3 Å². The quantitative estimate of drug-likeness (QED) is 0.465. The molecular weight excluding hydrogens is 471 g/mol. The predicted octanol–water partition coefficient (Wildman–Crippen LogP) is 4.75. The van der Waals surface area contributed by atoms with Gasteiger partial charge in [-0.05, 0) is 66.7 Å². The van der Waals surface area contributed by atoms with Crippen molar-refractivity contribution in [2.75, 3.05) is 18.6 Å². The van der Waals surface area contributed by atoms with Crippen LogP contribution in [0, 0.1) is 23.2 Å². The number of benzene rings is 1. The highest BCUT2D eigenvalue weighted by molar-refractivity contribution is 7.90. The van der Waals surface area contributed by atoms with Crippen LogP contribution in [0.5, 0.6) is 11.5 Å². The third-order valence-corrected chi connectivity index (χ3v) is 7.92. The number of hydrogen-bond donors (Lipinski definition) is 0. The first-order valence-corrected chi connectivity index (χ1v) is 13.4. The molecular formula is C23H32F3N3O4S. The summed E-state index contributed by atoms with van der Waals surface area (Å²) in [6.45, 7) is 5.34. The molecule has 11 heteroatoms. The maximum Gasteiger partial charge on any atom is 0.573 e. The van der Waals surface area contributed by atoms with E-state index in [9.17, 15) is 21.6 Å². The zero-order chi connectivity index (χ0) is 25.0. The summed E-state index contributed by atoms with van der Waals surface area (Å²) in [5.74, 6) is 0.929. The van der Waals surface area contributed by atoms with Gasteiger partial charge in [0.2, 0.25) is 0 Å². The van der Waals surface area contributed by atoms with E-state index in [2.05, 4.69) is 28.7 Å². The lowest BCUT2D eigenvalue weighted by Gasteiger charge is -2.49. The number of halogens is 3. The second-order valence-corrected chi connectivity index (χ2v) is 11.7. The smallest absolute Gasteiger partial charge is 0.493 e. The van der Waals surface area contributed by atoms with Crippen molar-refractivity contribution in [3.8, 4) is 11.5 Å². The molecule has 0 amide bonds. The van der Waals surface area contributed by atoms with Gasteiger partial charge >= 0.3 is 6.36 Å². The number of nitrogens with zero attached hydrogens (tertiary/aromatic N) is 3. The van der Waals surface area contributed by atoms with Gasteiger partial charge in [-0.1, -0.05) is 20.3 Å². The summed E-state index contributed by atoms with van der Waals surface area (Å²) >= 11 is 0. The van der Waals surface area contributed by atoms with E-state index >= 15 is 0 Å². The van der Waals surface area contributed by atoms with E-state index in [1.807, 2.05) is 0 Å². The lowest BCUT2D eigenvalue weighted by Crippen LogP contribution is -2.45. The third kappa shape index (κ3) is 7.35. The van der Waals surface area contributed by atoms with Gasteiger partial charge in [0.15, 0.2) is 0 Å². The molecule has 3 rings (SSSR count). The molecule has 1 heterocycles. The normalized spacial score (nSPS) is 25.8. The number of ether oxygens (including phenoxy) is 2. The fraction of sp³-hybridized carbons (Fsp3) is 0.652. The van der Waals surface area contributed by atoms with Crippen LogP contribution in [0.2, 0.25) is 0 Å². The van der Waals surface area contributed by atoms with Gasteiger partial charge in [-0.3, -0.25) is 4.68 Å². The highest BCUT2D eigenvalue weighted by Gasteiger charge is 2.46. The molecule has 1 aliphatic rings. The summed E-state index contributed by atoms with van der Waals surface area (Å²) in [5, 5.41) is 4.27. The minimum atomic E-state index is -4.74. The number of aromatic nitrogens is 3. The van der Waals surface area contributed by atoms with E-state index in [4.69, 9.17) is 4.74 Å². The predicted molar refractivity (Wildman–Crippen MR) is 121 cm³/mol. The fourth-order valence-corrected chi connectivity index (χ4v) is 6.09. The van der Waals surface area contributed by atoms with Crippen LogP contribution in [0.3, 0.4) is 0 Å². The van der Waals surface area contributed by atoms with Crippen LogP contribution in [-0.4, -0.2) is 48.2 Å². The van der Waals surface area contributed by atoms with Crippen LogP contribution in [0.15, 0.2) is 36.9 Å². The number of sulfone groups is 1. The topological polar surface area (TPSA) is 83.3 Å². The van der Waals surface area contributed by atoms with Crippen LogP contribution in [0.1, 0.15) is 39.5 Å². The second kappa shape index (κ2) is 10.5. The van der Waals surface area contributed by atoms with Gasteiger partial charge in [-0.2, -0.15) is 5.10 Å². The van der Waals surface area contributed by atoms with Crippen molar-refractivity contribution in [2.24, 2.45) is 23.2 Å². The molecule has 1 saturated carbocycles. The molecule has 0 unspecified atom stereocenters. The molecule has 1 aromatic carbocycles. The maximum atomic E-state index is 12.4. The highest BCUT2D eigenvalue weighted by Crippen LogP contribution is 2.51. The first-order chi connectivity index (χ1) is 15.9. The van der Waals surface area contributed by atoms with Crippen molar-refractivity contribution in [1.82, 2.24) is 14.8 Å². The molecule has 1 aromatic heterocycles. The van der Waals surface area contributed by atoms with E-state index in [-0.39, 0.29) is 34.7 Å². The summed E-state index contributed by atoms with van der Waals surface area (Å²) in [6, 6.07) is 5.38. The molecule has 0 aliphatic heterocycles. The average molecular weight is 504 g/mol. The van der Waals surface area contributed by atoms with E-state index in [1.165, 1.54) is 36.8 Å². The highest BCUT2D eigenvalue weighted by atomic mass is 32.2. The Morgan fingerprint density at radius 1 is 1.21 bits per heavy atom. The van der Waals surface area contributed by atoms with Crippen molar-refractivity contribution >= 4 is 9.84 Å². The van der Waals surface area contributed by atoms with Gasteiger partial charge in [-0.15, -0.1) is 13.2 Å². The Bertz CT molecular complexity index is 1010. The van der Waals surface area contributed by atoms with Crippen LogP contribution in [-0.2, 0) is 16.4 Å². The second-order valence-electron chi connectivity index (χ2n) is 9.46. The van der Waals surface area contributed by atoms with Crippen LogP contribution in [0.25, 0.3) is 0 Å². The van der Waals surface area contributed by atoms with Gasteiger partial charge < -0.3 is 9.47 Å². The minimum absolute atomic E-state index is 0.129. The summed E-state index contributed by atoms with van der Waals surface area (Å²) in [6.07, 6.45) is 2.92. The zero-order valence-corrected chi connectivity index (χ0v) is 20.5. The Labute approximate surface area is 198 Å². The number of rotatable bonds is 10. The zero-order valence-electron chi connectivity index (χ0n) is 19.7. The van der Waals surface area contributed by atoms with Gasteiger partial charge in [0.05, 0.1) is 12.4 Å². The molecule has 0 spiro atoms. The molecule has 2 aromatic rings. The van der Waals surface area contributed by atoms with Crippen molar-refractivity contribution in [2.45, 2.75) is 52.4 Å². The molecule has 1 aliphatic carbocycles. The monoisotopic (exact) mass is 503 g/mol. The van der Waals surface area contributed by atoms with Crippen LogP contribution < -0.4 is 9.47 Å². The SMILES string of the molecule is CC[C@@H]1[C@@H](Cn2cncn2)[C@H](COc2ccc(OC(F)(F)F)cc2)CC[C@@]1(C)CCS(C)(=O)=O. The molecule has 34 heavy (non-hydrogen) atoms. The van der Waals surface area contributed by atoms with Crippen molar-refractivity contribution in [1.29, 1.82) is 0 Å². The molecule has 1 fully saturated rings. The Morgan fingerprint density at radius 3 is 2.44 bits per heavy atom. The summed E-state index contributed by atoms with van der Waals surface area (Å²) in [4.78, 5) is 4.05. The van der Waals surface area contributed by atoms with Gasteiger partial charge in [0, 0.05) is 12.8 Å². The Morgan fingerprint density at radius 2 is 1.88 bits per heavy atom. The van der Waals surface area contributed by atoms with Gasteiger partial charge in [-0.25, -0.2) is 13.4 Å². The van der Waals surface area contributed by atoms with E-state index in [1.54, 1.807) is 11.0 Å². The molecule has 0 saturated heterocycles.